The summed E-state index contributed by atoms with van der Waals surface area (Å²) in [5.74, 6) is 0.379. The number of aromatic nitrogens is 1. The van der Waals surface area contributed by atoms with Crippen LogP contribution in [-0.4, -0.2) is 33.7 Å². The Morgan fingerprint density at radius 2 is 1.78 bits per heavy atom. The Morgan fingerprint density at radius 1 is 1.07 bits per heavy atom. The van der Waals surface area contributed by atoms with Gasteiger partial charge in [0.1, 0.15) is 0 Å². The minimum Gasteiger partial charge on any atom is -0.419 e. The van der Waals surface area contributed by atoms with Crippen molar-refractivity contribution < 1.29 is 17.6 Å². The maximum Gasteiger partial charge on any atom is 0.233 e. The number of hydrogen-bond acceptors (Lipinski definition) is 6. The fourth-order valence-electron chi connectivity index (χ4n) is 2.62. The molecule has 0 aliphatic carbocycles. The summed E-state index contributed by atoms with van der Waals surface area (Å²) in [5.41, 5.74) is 2.67. The number of benzene rings is 2. The third-order valence-corrected chi connectivity index (χ3v) is 5.83. The fourth-order valence-corrected chi connectivity index (χ4v) is 3.90. The third kappa shape index (κ3) is 4.04. The van der Waals surface area contributed by atoms with E-state index >= 15 is 0 Å². The van der Waals surface area contributed by atoms with Crippen molar-refractivity contribution in [1.29, 1.82) is 0 Å². The number of ether oxygens (including phenoxy) is 1. The van der Waals surface area contributed by atoms with Crippen molar-refractivity contribution in [3.63, 3.8) is 0 Å². The number of nitrogens with zero attached hydrogens (tertiary/aromatic N) is 1. The summed E-state index contributed by atoms with van der Waals surface area (Å²) in [6, 6.07) is 14.2. The summed E-state index contributed by atoms with van der Waals surface area (Å²) < 4.78 is 37.1. The van der Waals surface area contributed by atoms with Gasteiger partial charge in [0.15, 0.2) is 0 Å². The normalized spacial score (nSPS) is 11.5. The lowest BCUT2D eigenvalue weighted by molar-refractivity contribution is 0.210. The molecule has 2 aromatic carbocycles. The first-order valence-electron chi connectivity index (χ1n) is 8.55. The first-order valence-corrected chi connectivity index (χ1v) is 10.0. The van der Waals surface area contributed by atoms with E-state index in [-0.39, 0.29) is 21.7 Å². The topological polar surface area (TPSA) is 81.4 Å². The number of sulfone groups is 1. The average Bonchev–Trinajstić information content (AvgIpc) is 3.07. The van der Waals surface area contributed by atoms with E-state index in [4.69, 9.17) is 9.15 Å². The van der Waals surface area contributed by atoms with Crippen LogP contribution in [0.15, 0.2) is 62.9 Å². The molecule has 0 atom stereocenters. The number of oxazole rings is 1. The van der Waals surface area contributed by atoms with Gasteiger partial charge in [-0.05, 0) is 37.6 Å². The van der Waals surface area contributed by atoms with Crippen LogP contribution in [0.1, 0.15) is 11.1 Å². The number of methoxy groups -OCH3 is 1. The van der Waals surface area contributed by atoms with Crippen LogP contribution in [0.25, 0.3) is 11.5 Å². The largest absolute Gasteiger partial charge is 0.419 e. The molecule has 27 heavy (non-hydrogen) atoms. The Morgan fingerprint density at radius 3 is 2.44 bits per heavy atom. The second kappa shape index (κ2) is 7.94. The highest BCUT2D eigenvalue weighted by Gasteiger charge is 2.28. The van der Waals surface area contributed by atoms with Gasteiger partial charge >= 0.3 is 0 Å². The van der Waals surface area contributed by atoms with E-state index in [0.29, 0.717) is 13.2 Å². The van der Waals surface area contributed by atoms with Crippen molar-refractivity contribution in [3.05, 3.63) is 59.7 Å². The van der Waals surface area contributed by atoms with E-state index in [1.807, 2.05) is 38.1 Å². The number of anilines is 1. The summed E-state index contributed by atoms with van der Waals surface area (Å²) >= 11 is 0. The van der Waals surface area contributed by atoms with Gasteiger partial charge in [-0.1, -0.05) is 35.9 Å². The zero-order valence-electron chi connectivity index (χ0n) is 15.5. The molecule has 0 saturated heterocycles. The highest BCUT2D eigenvalue weighted by molar-refractivity contribution is 7.91. The predicted octanol–water partition coefficient (Wildman–Crippen LogP) is 3.85. The molecule has 1 N–H and O–H groups in total. The molecular formula is C20H22N2O4S. The molecule has 0 aliphatic heterocycles. The standard InChI is InChI=1S/C20H22N2O4S/c1-14-8-10-16(11-9-14)27(23,24)20-19(21-12-13-25-3)26-18(22-20)17-7-5-4-6-15(17)2/h4-11,21H,12-13H2,1-3H3. The highest BCUT2D eigenvalue weighted by Crippen LogP contribution is 2.33. The van der Waals surface area contributed by atoms with Crippen LogP contribution in [0, 0.1) is 13.8 Å². The summed E-state index contributed by atoms with van der Waals surface area (Å²) in [5, 5.41) is 2.85. The van der Waals surface area contributed by atoms with E-state index in [9.17, 15) is 8.42 Å². The van der Waals surface area contributed by atoms with Crippen molar-refractivity contribution >= 4 is 15.7 Å². The van der Waals surface area contributed by atoms with Crippen LogP contribution in [0.2, 0.25) is 0 Å². The van der Waals surface area contributed by atoms with Crippen molar-refractivity contribution in [2.45, 2.75) is 23.8 Å². The van der Waals surface area contributed by atoms with Gasteiger partial charge in [-0.3, -0.25) is 0 Å². The lowest BCUT2D eigenvalue weighted by atomic mass is 10.1. The van der Waals surface area contributed by atoms with Crippen LogP contribution >= 0.6 is 0 Å². The molecule has 1 heterocycles. The van der Waals surface area contributed by atoms with E-state index in [1.54, 1.807) is 31.4 Å². The molecule has 7 heteroatoms. The maximum atomic E-state index is 13.1. The molecule has 0 bridgehead atoms. The molecule has 0 amide bonds. The Balaban J connectivity index is 2.09. The van der Waals surface area contributed by atoms with E-state index in [2.05, 4.69) is 10.3 Å². The van der Waals surface area contributed by atoms with Gasteiger partial charge in [0.2, 0.25) is 26.6 Å². The van der Waals surface area contributed by atoms with Gasteiger partial charge in [0.05, 0.1) is 11.5 Å². The number of hydrogen-bond donors (Lipinski definition) is 1. The second-order valence-electron chi connectivity index (χ2n) is 6.20. The third-order valence-electron chi connectivity index (χ3n) is 4.15. The van der Waals surface area contributed by atoms with Gasteiger partial charge < -0.3 is 14.5 Å². The Hall–Kier alpha value is -2.64. The second-order valence-corrected chi connectivity index (χ2v) is 8.07. The predicted molar refractivity (Wildman–Crippen MR) is 104 cm³/mol. The molecule has 6 nitrogen and oxygen atoms in total. The first kappa shape index (κ1) is 19.1. The number of nitrogens with one attached hydrogen (secondary N) is 1. The summed E-state index contributed by atoms with van der Waals surface area (Å²) in [4.78, 5) is 4.51. The van der Waals surface area contributed by atoms with E-state index in [0.717, 1.165) is 16.7 Å². The van der Waals surface area contributed by atoms with Gasteiger partial charge in [-0.2, -0.15) is 4.98 Å². The minimum absolute atomic E-state index is 0.117. The monoisotopic (exact) mass is 386 g/mol. The molecule has 0 spiro atoms. The Labute approximate surface area is 159 Å². The van der Waals surface area contributed by atoms with Crippen LogP contribution in [0.4, 0.5) is 5.88 Å². The van der Waals surface area contributed by atoms with Gasteiger partial charge in [0.25, 0.3) is 0 Å². The molecule has 1 aromatic heterocycles. The molecule has 3 aromatic rings. The lowest BCUT2D eigenvalue weighted by Crippen LogP contribution is -2.11. The van der Waals surface area contributed by atoms with Crippen LogP contribution in [0.5, 0.6) is 0 Å². The average molecular weight is 386 g/mol. The molecule has 3 rings (SSSR count). The number of aryl methyl sites for hydroxylation is 2. The molecule has 0 saturated carbocycles. The van der Waals surface area contributed by atoms with Crippen molar-refractivity contribution in [2.24, 2.45) is 0 Å². The smallest absolute Gasteiger partial charge is 0.233 e. The SMILES string of the molecule is COCCNc1oc(-c2ccccc2C)nc1S(=O)(=O)c1ccc(C)cc1. The molecule has 0 unspecified atom stereocenters. The summed E-state index contributed by atoms with van der Waals surface area (Å²) in [6.07, 6.45) is 0. The van der Waals surface area contributed by atoms with Crippen molar-refractivity contribution in [3.8, 4) is 11.5 Å². The van der Waals surface area contributed by atoms with E-state index < -0.39 is 9.84 Å². The van der Waals surface area contributed by atoms with E-state index in [1.165, 1.54) is 0 Å². The van der Waals surface area contributed by atoms with Crippen LogP contribution < -0.4 is 5.32 Å². The fraction of sp³-hybridized carbons (Fsp3) is 0.250. The van der Waals surface area contributed by atoms with Crippen molar-refractivity contribution in [1.82, 2.24) is 4.98 Å². The van der Waals surface area contributed by atoms with Gasteiger partial charge in [-0.25, -0.2) is 8.42 Å². The Kier molecular flexibility index (Phi) is 5.62. The zero-order chi connectivity index (χ0) is 19.4. The first-order chi connectivity index (χ1) is 12.9. The van der Waals surface area contributed by atoms with Gasteiger partial charge in [0, 0.05) is 19.2 Å². The lowest BCUT2D eigenvalue weighted by Gasteiger charge is -2.06. The number of rotatable bonds is 7. The Bertz CT molecular complexity index is 1020. The van der Waals surface area contributed by atoms with Crippen LogP contribution in [0.3, 0.4) is 0 Å². The van der Waals surface area contributed by atoms with Gasteiger partial charge in [-0.15, -0.1) is 0 Å². The molecule has 0 fully saturated rings. The van der Waals surface area contributed by atoms with Crippen molar-refractivity contribution in [2.75, 3.05) is 25.6 Å². The quantitative estimate of drug-likeness (QED) is 0.621. The minimum atomic E-state index is -3.83. The molecule has 0 aliphatic rings. The maximum absolute atomic E-state index is 13.1. The highest BCUT2D eigenvalue weighted by atomic mass is 32.2. The van der Waals surface area contributed by atoms with Crippen LogP contribution in [-0.2, 0) is 14.6 Å². The zero-order valence-corrected chi connectivity index (χ0v) is 16.3. The molecule has 142 valence electrons. The molecule has 0 radical (unpaired) electrons. The summed E-state index contributed by atoms with van der Waals surface area (Å²) in [7, 11) is -2.26. The molecular weight excluding hydrogens is 364 g/mol. The summed E-state index contributed by atoms with van der Waals surface area (Å²) in [6.45, 7) is 4.63.